The summed E-state index contributed by atoms with van der Waals surface area (Å²) in [6.07, 6.45) is -5.82. The Bertz CT molecular complexity index is 865. The maximum absolute atomic E-state index is 13.8. The molecule has 0 aliphatic heterocycles. The van der Waals surface area contributed by atoms with Crippen LogP contribution in [-0.2, 0) is 15.8 Å². The van der Waals surface area contributed by atoms with Gasteiger partial charge in [-0.05, 0) is 42.8 Å². The van der Waals surface area contributed by atoms with E-state index in [1.54, 1.807) is 6.92 Å². The summed E-state index contributed by atoms with van der Waals surface area (Å²) in [4.78, 5) is 23.4. The fourth-order valence-electron chi connectivity index (χ4n) is 2.05. The van der Waals surface area contributed by atoms with Gasteiger partial charge in [0.05, 0.1) is 18.4 Å². The standard InChI is InChI=1S/C18H13ClF4O4/c1-10-9-11(5-6-13(10)19)26-15(24)7-8-16(25)27-14-4-2-3-12(17(14)20)18(21,22)23/h2-6,9H,7-8H2,1H3. The minimum absolute atomic E-state index is 0.221. The van der Waals surface area contributed by atoms with Gasteiger partial charge < -0.3 is 9.47 Å². The molecule has 0 N–H and O–H groups in total. The number of aryl methyl sites for hydroxylation is 1. The minimum Gasteiger partial charge on any atom is -0.427 e. The van der Waals surface area contributed by atoms with Crippen molar-refractivity contribution in [3.63, 3.8) is 0 Å². The molecule has 0 fully saturated rings. The highest BCUT2D eigenvalue weighted by Crippen LogP contribution is 2.34. The second kappa shape index (κ2) is 8.39. The number of carbonyl (C=O) groups is 2. The van der Waals surface area contributed by atoms with Crippen LogP contribution < -0.4 is 9.47 Å². The third-order valence-corrected chi connectivity index (χ3v) is 3.81. The number of carbonyl (C=O) groups excluding carboxylic acids is 2. The number of ether oxygens (including phenoxy) is 2. The molecule has 0 aliphatic carbocycles. The Hall–Kier alpha value is -2.61. The monoisotopic (exact) mass is 404 g/mol. The van der Waals surface area contributed by atoms with Gasteiger partial charge in [-0.25, -0.2) is 4.39 Å². The zero-order valence-corrected chi connectivity index (χ0v) is 14.7. The molecule has 27 heavy (non-hydrogen) atoms. The van der Waals surface area contributed by atoms with Crippen molar-refractivity contribution in [3.8, 4) is 11.5 Å². The molecule has 2 aromatic rings. The van der Waals surface area contributed by atoms with Gasteiger partial charge in [0.15, 0.2) is 11.6 Å². The lowest BCUT2D eigenvalue weighted by molar-refractivity contribution is -0.142. The topological polar surface area (TPSA) is 52.6 Å². The van der Waals surface area contributed by atoms with Crippen molar-refractivity contribution in [2.75, 3.05) is 0 Å². The van der Waals surface area contributed by atoms with E-state index in [1.807, 2.05) is 0 Å². The maximum atomic E-state index is 13.8. The van der Waals surface area contributed by atoms with Gasteiger partial charge in [0, 0.05) is 5.02 Å². The Balaban J connectivity index is 1.93. The number of hydrogen-bond acceptors (Lipinski definition) is 4. The molecular formula is C18H13ClF4O4. The summed E-state index contributed by atoms with van der Waals surface area (Å²) < 4.78 is 61.3. The van der Waals surface area contributed by atoms with Crippen molar-refractivity contribution in [3.05, 3.63) is 58.4 Å². The van der Waals surface area contributed by atoms with Crippen LogP contribution in [-0.4, -0.2) is 11.9 Å². The Morgan fingerprint density at radius 2 is 1.67 bits per heavy atom. The predicted molar refractivity (Wildman–Crippen MR) is 88.1 cm³/mol. The van der Waals surface area contributed by atoms with Crippen molar-refractivity contribution in [1.82, 2.24) is 0 Å². The molecule has 144 valence electrons. The molecule has 0 heterocycles. The summed E-state index contributed by atoms with van der Waals surface area (Å²) in [7, 11) is 0. The van der Waals surface area contributed by atoms with Crippen LogP contribution in [0.5, 0.6) is 11.5 Å². The summed E-state index contributed by atoms with van der Waals surface area (Å²) in [5, 5.41) is 0.487. The van der Waals surface area contributed by atoms with Crippen LogP contribution in [0.3, 0.4) is 0 Å². The van der Waals surface area contributed by atoms with Crippen LogP contribution >= 0.6 is 11.6 Å². The molecule has 0 spiro atoms. The third-order valence-electron chi connectivity index (χ3n) is 3.39. The number of halogens is 5. The van der Waals surface area contributed by atoms with E-state index in [-0.39, 0.29) is 5.75 Å². The van der Waals surface area contributed by atoms with Gasteiger partial charge in [-0.3, -0.25) is 9.59 Å². The van der Waals surface area contributed by atoms with Gasteiger partial charge >= 0.3 is 18.1 Å². The highest BCUT2D eigenvalue weighted by molar-refractivity contribution is 6.31. The van der Waals surface area contributed by atoms with Crippen LogP contribution in [0.4, 0.5) is 17.6 Å². The minimum atomic E-state index is -4.92. The Morgan fingerprint density at radius 3 is 2.26 bits per heavy atom. The average Bonchev–Trinajstić information content (AvgIpc) is 2.57. The lowest BCUT2D eigenvalue weighted by Crippen LogP contribution is -2.16. The fraction of sp³-hybridized carbons (Fsp3) is 0.222. The van der Waals surface area contributed by atoms with Crippen LogP contribution in [0.1, 0.15) is 24.0 Å². The Morgan fingerprint density at radius 1 is 1.04 bits per heavy atom. The molecule has 4 nitrogen and oxygen atoms in total. The van der Waals surface area contributed by atoms with E-state index in [9.17, 15) is 27.2 Å². The fourth-order valence-corrected chi connectivity index (χ4v) is 2.17. The third kappa shape index (κ3) is 5.68. The zero-order chi connectivity index (χ0) is 20.2. The largest absolute Gasteiger partial charge is 0.427 e. The average molecular weight is 405 g/mol. The molecule has 9 heteroatoms. The molecule has 0 bridgehead atoms. The summed E-state index contributed by atoms with van der Waals surface area (Å²) in [5.41, 5.74) is -0.869. The van der Waals surface area contributed by atoms with Crippen molar-refractivity contribution in [2.45, 2.75) is 25.9 Å². The molecule has 0 saturated carbocycles. The number of hydrogen-bond donors (Lipinski definition) is 0. The lowest BCUT2D eigenvalue weighted by Gasteiger charge is -2.11. The van der Waals surface area contributed by atoms with Crippen molar-refractivity contribution < 1.29 is 36.6 Å². The first-order valence-electron chi connectivity index (χ1n) is 7.61. The molecule has 0 atom stereocenters. The van der Waals surface area contributed by atoms with Crippen molar-refractivity contribution in [2.24, 2.45) is 0 Å². The van der Waals surface area contributed by atoms with Gasteiger partial charge in [-0.1, -0.05) is 17.7 Å². The summed E-state index contributed by atoms with van der Waals surface area (Å²) in [6.45, 7) is 1.71. The van der Waals surface area contributed by atoms with Crippen LogP contribution in [0.15, 0.2) is 36.4 Å². The van der Waals surface area contributed by atoms with Gasteiger partial charge in [0.25, 0.3) is 0 Å². The molecule has 2 aromatic carbocycles. The molecule has 0 saturated heterocycles. The summed E-state index contributed by atoms with van der Waals surface area (Å²) >= 11 is 5.85. The van der Waals surface area contributed by atoms with Crippen LogP contribution in [0.2, 0.25) is 5.02 Å². The van der Waals surface area contributed by atoms with E-state index >= 15 is 0 Å². The molecule has 2 rings (SSSR count). The van der Waals surface area contributed by atoms with E-state index in [1.165, 1.54) is 18.2 Å². The normalized spacial score (nSPS) is 11.2. The van der Waals surface area contributed by atoms with Crippen molar-refractivity contribution >= 4 is 23.5 Å². The number of rotatable bonds is 5. The van der Waals surface area contributed by atoms with E-state index in [2.05, 4.69) is 4.74 Å². The molecular weight excluding hydrogens is 392 g/mol. The number of alkyl halides is 3. The van der Waals surface area contributed by atoms with E-state index < -0.39 is 48.1 Å². The SMILES string of the molecule is Cc1cc(OC(=O)CCC(=O)Oc2cccc(C(F)(F)F)c2F)ccc1Cl. The second-order valence-corrected chi connectivity index (χ2v) is 5.88. The molecule has 0 aliphatic rings. The zero-order valence-electron chi connectivity index (χ0n) is 13.9. The van der Waals surface area contributed by atoms with Gasteiger partial charge in [-0.2, -0.15) is 13.2 Å². The number of benzene rings is 2. The van der Waals surface area contributed by atoms with Crippen LogP contribution in [0, 0.1) is 12.7 Å². The van der Waals surface area contributed by atoms with Crippen molar-refractivity contribution in [1.29, 1.82) is 0 Å². The van der Waals surface area contributed by atoms with Gasteiger partial charge in [0.1, 0.15) is 5.75 Å². The quantitative estimate of drug-likeness (QED) is 0.395. The first-order valence-corrected chi connectivity index (χ1v) is 7.99. The van der Waals surface area contributed by atoms with E-state index in [0.29, 0.717) is 16.7 Å². The highest BCUT2D eigenvalue weighted by atomic mass is 35.5. The molecule has 0 unspecified atom stereocenters. The van der Waals surface area contributed by atoms with Gasteiger partial charge in [0.2, 0.25) is 0 Å². The maximum Gasteiger partial charge on any atom is 0.419 e. The summed E-state index contributed by atoms with van der Waals surface area (Å²) in [6, 6.07) is 6.84. The summed E-state index contributed by atoms with van der Waals surface area (Å²) in [5.74, 6) is -4.18. The smallest absolute Gasteiger partial charge is 0.419 e. The second-order valence-electron chi connectivity index (χ2n) is 5.47. The van der Waals surface area contributed by atoms with Crippen LogP contribution in [0.25, 0.3) is 0 Å². The Kier molecular flexibility index (Phi) is 6.43. The highest BCUT2D eigenvalue weighted by Gasteiger charge is 2.35. The molecule has 0 aromatic heterocycles. The van der Waals surface area contributed by atoms with E-state index in [4.69, 9.17) is 16.3 Å². The number of esters is 2. The molecule has 0 radical (unpaired) electrons. The Labute approximate surface area is 156 Å². The lowest BCUT2D eigenvalue weighted by atomic mass is 10.2. The van der Waals surface area contributed by atoms with E-state index in [0.717, 1.165) is 12.1 Å². The van der Waals surface area contributed by atoms with Gasteiger partial charge in [-0.15, -0.1) is 0 Å². The predicted octanol–water partition coefficient (Wildman–Crippen LogP) is 5.10. The first-order chi connectivity index (χ1) is 12.6. The molecule has 0 amide bonds. The first kappa shape index (κ1) is 20.7.